The molecule has 0 atom stereocenters. The van der Waals surface area contributed by atoms with Crippen LogP contribution < -0.4 is 0 Å². The molecule has 0 saturated carbocycles. The van der Waals surface area contributed by atoms with Crippen molar-refractivity contribution in [2.24, 2.45) is 0 Å². The largest absolute Gasteiger partial charge is 0.367 e. The van der Waals surface area contributed by atoms with Crippen LogP contribution in [-0.2, 0) is 6.42 Å². The number of benzene rings is 1. The Hall–Kier alpha value is -2.29. The van der Waals surface area contributed by atoms with E-state index in [4.69, 9.17) is 0 Å². The van der Waals surface area contributed by atoms with Crippen molar-refractivity contribution in [3.63, 3.8) is 0 Å². The van der Waals surface area contributed by atoms with Crippen LogP contribution in [0.3, 0.4) is 0 Å². The maximum atomic E-state index is 4.69. The Kier molecular flexibility index (Phi) is 2.73. The van der Waals surface area contributed by atoms with Crippen LogP contribution in [-0.4, -0.2) is 15.0 Å². The van der Waals surface area contributed by atoms with E-state index < -0.39 is 0 Å². The fourth-order valence-electron chi connectivity index (χ4n) is 2.14. The summed E-state index contributed by atoms with van der Waals surface area (Å²) in [5.74, 6) is 1.01. The topological polar surface area (TPSA) is 44.5 Å². The highest BCUT2D eigenvalue weighted by molar-refractivity contribution is 5.61. The number of rotatable bonds is 3. The number of imidazole rings is 1. The smallest absolute Gasteiger partial charge is 0.111 e. The SMILES string of the molecule is Cc1[nH]c(Cc2cc[nH]c2)nc1-c1ccccc1. The van der Waals surface area contributed by atoms with Crippen molar-refractivity contribution in [2.45, 2.75) is 13.3 Å². The minimum Gasteiger partial charge on any atom is -0.367 e. The molecule has 3 rings (SSSR count). The normalized spacial score (nSPS) is 10.7. The van der Waals surface area contributed by atoms with Gasteiger partial charge in [0.25, 0.3) is 0 Å². The second-order valence-electron chi connectivity index (χ2n) is 4.42. The van der Waals surface area contributed by atoms with Crippen molar-refractivity contribution in [3.05, 3.63) is 65.9 Å². The summed E-state index contributed by atoms with van der Waals surface area (Å²) in [4.78, 5) is 11.1. The van der Waals surface area contributed by atoms with Crippen molar-refractivity contribution >= 4 is 0 Å². The molecule has 90 valence electrons. The molecular formula is C15H15N3. The quantitative estimate of drug-likeness (QED) is 0.721. The lowest BCUT2D eigenvalue weighted by atomic mass is 10.1. The molecule has 18 heavy (non-hydrogen) atoms. The monoisotopic (exact) mass is 237 g/mol. The third-order valence-corrected chi connectivity index (χ3v) is 3.01. The molecule has 3 nitrogen and oxygen atoms in total. The lowest BCUT2D eigenvalue weighted by Gasteiger charge is -1.96. The molecule has 0 unspecified atom stereocenters. The van der Waals surface area contributed by atoms with E-state index in [-0.39, 0.29) is 0 Å². The molecule has 3 aromatic rings. The summed E-state index contributed by atoms with van der Waals surface area (Å²) < 4.78 is 0. The van der Waals surface area contributed by atoms with Crippen LogP contribution >= 0.6 is 0 Å². The van der Waals surface area contributed by atoms with E-state index in [9.17, 15) is 0 Å². The number of nitrogens with zero attached hydrogens (tertiary/aromatic N) is 1. The van der Waals surface area contributed by atoms with E-state index in [1.165, 1.54) is 5.56 Å². The number of aromatic amines is 2. The van der Waals surface area contributed by atoms with Gasteiger partial charge in [-0.05, 0) is 18.6 Å². The summed E-state index contributed by atoms with van der Waals surface area (Å²) in [6.07, 6.45) is 4.76. The van der Waals surface area contributed by atoms with Crippen molar-refractivity contribution in [3.8, 4) is 11.3 Å². The number of nitrogens with one attached hydrogen (secondary N) is 2. The second-order valence-corrected chi connectivity index (χ2v) is 4.42. The number of aromatic nitrogens is 3. The number of hydrogen-bond donors (Lipinski definition) is 2. The number of aryl methyl sites for hydroxylation is 1. The molecule has 0 aliphatic rings. The van der Waals surface area contributed by atoms with Crippen LogP contribution in [0.25, 0.3) is 11.3 Å². The third-order valence-electron chi connectivity index (χ3n) is 3.01. The Morgan fingerprint density at radius 2 is 1.94 bits per heavy atom. The number of H-pyrrole nitrogens is 2. The van der Waals surface area contributed by atoms with Gasteiger partial charge in [-0.1, -0.05) is 30.3 Å². The van der Waals surface area contributed by atoms with Crippen LogP contribution in [0.2, 0.25) is 0 Å². The first-order chi connectivity index (χ1) is 8.83. The zero-order valence-electron chi connectivity index (χ0n) is 10.3. The lowest BCUT2D eigenvalue weighted by molar-refractivity contribution is 1.02. The summed E-state index contributed by atoms with van der Waals surface area (Å²) in [6.45, 7) is 2.07. The Morgan fingerprint density at radius 1 is 1.11 bits per heavy atom. The van der Waals surface area contributed by atoms with Gasteiger partial charge < -0.3 is 9.97 Å². The predicted molar refractivity (Wildman–Crippen MR) is 72.4 cm³/mol. The maximum Gasteiger partial charge on any atom is 0.111 e. The molecule has 1 aromatic carbocycles. The van der Waals surface area contributed by atoms with Gasteiger partial charge in [0, 0.05) is 30.1 Å². The Labute approximate surface area is 106 Å². The number of hydrogen-bond acceptors (Lipinski definition) is 1. The van der Waals surface area contributed by atoms with Crippen LogP contribution in [0.5, 0.6) is 0 Å². The predicted octanol–water partition coefficient (Wildman–Crippen LogP) is 3.30. The Bertz CT molecular complexity index is 621. The van der Waals surface area contributed by atoms with Crippen LogP contribution in [0, 0.1) is 6.92 Å². The molecule has 0 saturated heterocycles. The van der Waals surface area contributed by atoms with Crippen molar-refractivity contribution in [2.75, 3.05) is 0 Å². The van der Waals surface area contributed by atoms with Gasteiger partial charge in [0.05, 0.1) is 5.69 Å². The van der Waals surface area contributed by atoms with Gasteiger partial charge in [-0.15, -0.1) is 0 Å². The van der Waals surface area contributed by atoms with Crippen LogP contribution in [0.1, 0.15) is 17.1 Å². The summed E-state index contributed by atoms with van der Waals surface area (Å²) in [5.41, 5.74) is 4.56. The Morgan fingerprint density at radius 3 is 2.67 bits per heavy atom. The van der Waals surface area contributed by atoms with Gasteiger partial charge in [0.1, 0.15) is 5.82 Å². The maximum absolute atomic E-state index is 4.69. The standard InChI is InChI=1S/C15H15N3/c1-11-15(13-5-3-2-4-6-13)18-14(17-11)9-12-7-8-16-10-12/h2-8,10,16H,9H2,1H3,(H,17,18). The van der Waals surface area contributed by atoms with Crippen LogP contribution in [0.4, 0.5) is 0 Å². The third kappa shape index (κ3) is 2.07. The van der Waals surface area contributed by atoms with Crippen molar-refractivity contribution in [1.29, 1.82) is 0 Å². The van der Waals surface area contributed by atoms with E-state index in [0.717, 1.165) is 29.2 Å². The van der Waals surface area contributed by atoms with Crippen LogP contribution in [0.15, 0.2) is 48.8 Å². The van der Waals surface area contributed by atoms with Gasteiger partial charge in [-0.2, -0.15) is 0 Å². The average molecular weight is 237 g/mol. The fraction of sp³-hybridized carbons (Fsp3) is 0.133. The molecule has 3 heteroatoms. The van der Waals surface area contributed by atoms with Gasteiger partial charge in [0.2, 0.25) is 0 Å². The average Bonchev–Trinajstić information content (AvgIpc) is 3.01. The highest BCUT2D eigenvalue weighted by Crippen LogP contribution is 2.21. The summed E-state index contributed by atoms with van der Waals surface area (Å²) in [7, 11) is 0. The lowest BCUT2D eigenvalue weighted by Crippen LogP contribution is -1.88. The molecule has 2 N–H and O–H groups in total. The zero-order chi connectivity index (χ0) is 12.4. The summed E-state index contributed by atoms with van der Waals surface area (Å²) in [6, 6.07) is 12.3. The minimum absolute atomic E-state index is 0.831. The first-order valence-electron chi connectivity index (χ1n) is 6.05. The first kappa shape index (κ1) is 10.8. The summed E-state index contributed by atoms with van der Waals surface area (Å²) >= 11 is 0. The van der Waals surface area contributed by atoms with E-state index in [0.29, 0.717) is 0 Å². The van der Waals surface area contributed by atoms with Gasteiger partial charge in [0.15, 0.2) is 0 Å². The van der Waals surface area contributed by atoms with E-state index in [2.05, 4.69) is 40.1 Å². The highest BCUT2D eigenvalue weighted by Gasteiger charge is 2.08. The van der Waals surface area contributed by atoms with Gasteiger partial charge in [-0.3, -0.25) is 0 Å². The minimum atomic E-state index is 0.831. The molecule has 2 heterocycles. The van der Waals surface area contributed by atoms with Gasteiger partial charge in [-0.25, -0.2) is 4.98 Å². The molecule has 0 spiro atoms. The van der Waals surface area contributed by atoms with Crippen molar-refractivity contribution in [1.82, 2.24) is 15.0 Å². The van der Waals surface area contributed by atoms with Crippen molar-refractivity contribution < 1.29 is 0 Å². The zero-order valence-corrected chi connectivity index (χ0v) is 10.3. The molecule has 0 fully saturated rings. The Balaban J connectivity index is 1.92. The molecule has 0 aliphatic heterocycles. The first-order valence-corrected chi connectivity index (χ1v) is 6.05. The highest BCUT2D eigenvalue weighted by atomic mass is 14.9. The van der Waals surface area contributed by atoms with E-state index in [1.54, 1.807) is 0 Å². The second kappa shape index (κ2) is 4.53. The summed E-state index contributed by atoms with van der Waals surface area (Å²) in [5, 5.41) is 0. The fourth-order valence-corrected chi connectivity index (χ4v) is 2.14. The molecular weight excluding hydrogens is 222 g/mol. The molecule has 0 bridgehead atoms. The molecule has 0 aliphatic carbocycles. The van der Waals surface area contributed by atoms with E-state index >= 15 is 0 Å². The molecule has 2 aromatic heterocycles. The molecule has 0 radical (unpaired) electrons. The molecule has 0 amide bonds. The van der Waals surface area contributed by atoms with Gasteiger partial charge >= 0.3 is 0 Å². The van der Waals surface area contributed by atoms with E-state index in [1.807, 2.05) is 30.6 Å².